The van der Waals surface area contributed by atoms with Crippen molar-refractivity contribution in [2.24, 2.45) is 0 Å². The van der Waals surface area contributed by atoms with Crippen LogP contribution in [0.2, 0.25) is 0 Å². The van der Waals surface area contributed by atoms with Crippen molar-refractivity contribution < 1.29 is 13.9 Å². The van der Waals surface area contributed by atoms with E-state index in [2.05, 4.69) is 21.4 Å². The Morgan fingerprint density at radius 2 is 2.30 bits per heavy atom. The van der Waals surface area contributed by atoms with Crippen molar-refractivity contribution >= 4 is 29.0 Å². The van der Waals surface area contributed by atoms with Crippen LogP contribution >= 0.6 is 23.1 Å². The fraction of sp³-hybridized carbons (Fsp3) is 0.318. The smallest absolute Gasteiger partial charge is 0.220 e. The van der Waals surface area contributed by atoms with Gasteiger partial charge in [-0.2, -0.15) is 0 Å². The van der Waals surface area contributed by atoms with Crippen LogP contribution in [0.15, 0.2) is 47.1 Å². The molecule has 4 rings (SSSR count). The molecule has 1 N–H and O–H groups in total. The molecule has 0 fully saturated rings. The molecule has 1 aliphatic heterocycles. The van der Waals surface area contributed by atoms with Gasteiger partial charge in [-0.15, -0.1) is 11.3 Å². The molecule has 0 bridgehead atoms. The number of hydrogen-bond donors (Lipinski definition) is 1. The van der Waals surface area contributed by atoms with Crippen LogP contribution in [0.4, 0.5) is 4.39 Å². The molecule has 156 valence electrons. The van der Waals surface area contributed by atoms with Crippen molar-refractivity contribution in [3.05, 3.63) is 58.2 Å². The standard InChI is InChI=1S/C22H22FN3O2S2/c1-29-22-24-8-7-19(26-22)18-12-15(23)10-14-11-16(28-21(14)18)13-25-20(27)6-2-4-17-5-3-9-30-17/h3,5,7-10,12,16H,2,4,6,11,13H2,1H3,(H,25,27)/t16-/m0/s1. The van der Waals surface area contributed by atoms with E-state index in [1.807, 2.05) is 17.7 Å². The van der Waals surface area contributed by atoms with Crippen LogP contribution in [-0.4, -0.2) is 34.8 Å². The van der Waals surface area contributed by atoms with Gasteiger partial charge in [0.1, 0.15) is 17.7 Å². The fourth-order valence-electron chi connectivity index (χ4n) is 3.48. The highest BCUT2D eigenvalue weighted by atomic mass is 32.2. The molecule has 5 nitrogen and oxygen atoms in total. The first-order valence-corrected chi connectivity index (χ1v) is 11.9. The minimum atomic E-state index is -0.324. The molecular weight excluding hydrogens is 421 g/mol. The van der Waals surface area contributed by atoms with Crippen molar-refractivity contribution in [2.75, 3.05) is 12.8 Å². The Bertz CT molecular complexity index is 1030. The fourth-order valence-corrected chi connectivity index (χ4v) is 4.59. The number of carbonyl (C=O) groups is 1. The maximum Gasteiger partial charge on any atom is 0.220 e. The minimum Gasteiger partial charge on any atom is -0.487 e. The van der Waals surface area contributed by atoms with Crippen molar-refractivity contribution in [2.45, 2.75) is 36.9 Å². The zero-order valence-electron chi connectivity index (χ0n) is 16.6. The number of aromatic nitrogens is 2. The average Bonchev–Trinajstić information content (AvgIpc) is 3.41. The number of aryl methyl sites for hydroxylation is 1. The molecule has 8 heteroatoms. The van der Waals surface area contributed by atoms with E-state index in [9.17, 15) is 9.18 Å². The van der Waals surface area contributed by atoms with Gasteiger partial charge in [0.05, 0.1) is 12.2 Å². The molecule has 1 aromatic carbocycles. The van der Waals surface area contributed by atoms with E-state index >= 15 is 0 Å². The van der Waals surface area contributed by atoms with E-state index in [4.69, 9.17) is 4.74 Å². The third-order valence-corrected chi connectivity index (χ3v) is 6.39. The van der Waals surface area contributed by atoms with E-state index in [0.29, 0.717) is 41.5 Å². The lowest BCUT2D eigenvalue weighted by Gasteiger charge is -2.13. The molecule has 1 amide bonds. The van der Waals surface area contributed by atoms with Crippen molar-refractivity contribution in [1.82, 2.24) is 15.3 Å². The summed E-state index contributed by atoms with van der Waals surface area (Å²) in [6.45, 7) is 0.396. The monoisotopic (exact) mass is 443 g/mol. The van der Waals surface area contributed by atoms with Gasteiger partial charge in [0.2, 0.25) is 5.91 Å². The van der Waals surface area contributed by atoms with E-state index in [0.717, 1.165) is 18.4 Å². The van der Waals surface area contributed by atoms with Gasteiger partial charge in [0, 0.05) is 35.0 Å². The van der Waals surface area contributed by atoms with Crippen molar-refractivity contribution in [3.63, 3.8) is 0 Å². The minimum absolute atomic E-state index is 0.0120. The van der Waals surface area contributed by atoms with E-state index in [-0.39, 0.29) is 17.8 Å². The lowest BCUT2D eigenvalue weighted by atomic mass is 10.0. The second kappa shape index (κ2) is 9.57. The quantitative estimate of drug-likeness (QED) is 0.410. The third-order valence-electron chi connectivity index (χ3n) is 4.89. The molecule has 0 saturated carbocycles. The number of thiophene rings is 1. The molecule has 1 aliphatic rings. The lowest BCUT2D eigenvalue weighted by molar-refractivity contribution is -0.121. The number of thioether (sulfide) groups is 1. The molecule has 0 radical (unpaired) electrons. The first kappa shape index (κ1) is 20.8. The summed E-state index contributed by atoms with van der Waals surface area (Å²) in [7, 11) is 0. The molecule has 3 heterocycles. The summed E-state index contributed by atoms with van der Waals surface area (Å²) in [6.07, 6.45) is 6.10. The van der Waals surface area contributed by atoms with Crippen LogP contribution in [0, 0.1) is 5.82 Å². The van der Waals surface area contributed by atoms with Crippen molar-refractivity contribution in [3.8, 4) is 17.0 Å². The Hall–Kier alpha value is -2.45. The van der Waals surface area contributed by atoms with Crippen LogP contribution in [0.3, 0.4) is 0 Å². The van der Waals surface area contributed by atoms with Crippen molar-refractivity contribution in [1.29, 1.82) is 0 Å². The van der Waals surface area contributed by atoms with Gasteiger partial charge < -0.3 is 10.1 Å². The number of carbonyl (C=O) groups excluding carboxylic acids is 1. The summed E-state index contributed by atoms with van der Waals surface area (Å²) in [5, 5.41) is 5.62. The third kappa shape index (κ3) is 4.99. The van der Waals surface area contributed by atoms with Gasteiger partial charge in [0.25, 0.3) is 0 Å². The molecule has 0 spiro atoms. The Labute approximate surface area is 183 Å². The first-order valence-electron chi connectivity index (χ1n) is 9.78. The van der Waals surface area contributed by atoms with Gasteiger partial charge in [-0.25, -0.2) is 14.4 Å². The van der Waals surface area contributed by atoms with Crippen LogP contribution < -0.4 is 10.1 Å². The zero-order valence-corrected chi connectivity index (χ0v) is 18.2. The van der Waals surface area contributed by atoms with Crippen LogP contribution in [0.5, 0.6) is 5.75 Å². The summed E-state index contributed by atoms with van der Waals surface area (Å²) in [5.41, 5.74) is 2.04. The summed E-state index contributed by atoms with van der Waals surface area (Å²) in [5.74, 6) is 0.326. The number of hydrogen-bond acceptors (Lipinski definition) is 6. The summed E-state index contributed by atoms with van der Waals surface area (Å²) in [4.78, 5) is 22.1. The molecule has 30 heavy (non-hydrogen) atoms. The van der Waals surface area contributed by atoms with Gasteiger partial charge in [-0.05, 0) is 48.7 Å². The lowest BCUT2D eigenvalue weighted by Crippen LogP contribution is -2.34. The number of halogens is 1. The molecule has 0 aliphatic carbocycles. The van der Waals surface area contributed by atoms with Crippen LogP contribution in [-0.2, 0) is 17.6 Å². The van der Waals surface area contributed by atoms with Crippen LogP contribution in [0.25, 0.3) is 11.3 Å². The highest BCUT2D eigenvalue weighted by Crippen LogP contribution is 2.39. The normalized spacial score (nSPS) is 14.9. The van der Waals surface area contributed by atoms with Gasteiger partial charge in [0.15, 0.2) is 5.16 Å². The van der Waals surface area contributed by atoms with Gasteiger partial charge >= 0.3 is 0 Å². The highest BCUT2D eigenvalue weighted by molar-refractivity contribution is 7.98. The van der Waals surface area contributed by atoms with Crippen LogP contribution in [0.1, 0.15) is 23.3 Å². The molecule has 2 aromatic heterocycles. The topological polar surface area (TPSA) is 64.1 Å². The molecular formula is C22H22FN3O2S2. The number of benzene rings is 1. The van der Waals surface area contributed by atoms with E-state index in [1.54, 1.807) is 23.6 Å². The summed E-state index contributed by atoms with van der Waals surface area (Å²) < 4.78 is 20.3. The maximum absolute atomic E-state index is 14.2. The maximum atomic E-state index is 14.2. The Morgan fingerprint density at radius 1 is 1.40 bits per heavy atom. The number of nitrogens with zero attached hydrogens (tertiary/aromatic N) is 2. The van der Waals surface area contributed by atoms with E-state index in [1.165, 1.54) is 28.8 Å². The number of ether oxygens (including phenoxy) is 1. The second-order valence-corrected chi connectivity index (χ2v) is 8.86. The predicted octanol–water partition coefficient (Wildman–Crippen LogP) is 4.51. The first-order chi connectivity index (χ1) is 14.6. The number of fused-ring (bicyclic) bond motifs is 1. The second-order valence-electron chi connectivity index (χ2n) is 7.05. The van der Waals surface area contributed by atoms with E-state index < -0.39 is 0 Å². The molecule has 0 unspecified atom stereocenters. The number of nitrogens with one attached hydrogen (secondary N) is 1. The van der Waals surface area contributed by atoms with Gasteiger partial charge in [-0.1, -0.05) is 17.8 Å². The Morgan fingerprint density at radius 3 is 3.10 bits per heavy atom. The van der Waals surface area contributed by atoms with Gasteiger partial charge in [-0.3, -0.25) is 4.79 Å². The number of amides is 1. The number of rotatable bonds is 8. The predicted molar refractivity (Wildman–Crippen MR) is 118 cm³/mol. The summed E-state index contributed by atoms with van der Waals surface area (Å²) in [6, 6.07) is 8.80. The Balaban J connectivity index is 1.36. The molecule has 1 atom stereocenters. The molecule has 0 saturated heterocycles. The Kier molecular flexibility index (Phi) is 6.64. The molecule has 3 aromatic rings. The SMILES string of the molecule is CSc1nccc(-c2cc(F)cc3c2O[C@H](CNC(=O)CCCc2cccs2)C3)n1. The average molecular weight is 444 g/mol. The highest BCUT2D eigenvalue weighted by Gasteiger charge is 2.27. The zero-order chi connectivity index (χ0) is 20.9. The summed E-state index contributed by atoms with van der Waals surface area (Å²) >= 11 is 3.14. The largest absolute Gasteiger partial charge is 0.487 e.